The van der Waals surface area contributed by atoms with Crippen molar-refractivity contribution in [1.82, 2.24) is 19.6 Å². The first kappa shape index (κ1) is 17.4. The molecule has 0 spiro atoms. The third-order valence-electron chi connectivity index (χ3n) is 3.63. The highest BCUT2D eigenvalue weighted by atomic mass is 35.5. The zero-order valence-electron chi connectivity index (χ0n) is 11.9. The lowest BCUT2D eigenvalue weighted by Crippen LogP contribution is -2.44. The summed E-state index contributed by atoms with van der Waals surface area (Å²) in [5.41, 5.74) is 0. The standard InChI is InChI=1S/C12H22N4O2S.ClH/c1-3-16-8-12(14-9-16)19(17,18)15-10(2)11-5-4-6-13-7-11;/h8-11,13,15H,3-7H2,1-2H3;1H. The van der Waals surface area contributed by atoms with Crippen LogP contribution in [0.25, 0.3) is 0 Å². The molecule has 2 N–H and O–H groups in total. The van der Waals surface area contributed by atoms with Gasteiger partial charge in [0.1, 0.15) is 0 Å². The molecule has 0 aliphatic carbocycles. The van der Waals surface area contributed by atoms with Crippen LogP contribution in [0.4, 0.5) is 0 Å². The van der Waals surface area contributed by atoms with Gasteiger partial charge in [0.15, 0.2) is 5.03 Å². The normalized spacial score (nSPS) is 21.2. The molecule has 6 nitrogen and oxygen atoms in total. The summed E-state index contributed by atoms with van der Waals surface area (Å²) in [6.07, 6.45) is 5.26. The Kier molecular flexibility index (Phi) is 6.44. The Balaban J connectivity index is 0.00000200. The highest BCUT2D eigenvalue weighted by molar-refractivity contribution is 7.89. The van der Waals surface area contributed by atoms with E-state index in [1.54, 1.807) is 17.1 Å². The molecule has 0 amide bonds. The maximum Gasteiger partial charge on any atom is 0.259 e. The summed E-state index contributed by atoms with van der Waals surface area (Å²) >= 11 is 0. The molecule has 1 saturated heterocycles. The molecular weight excluding hydrogens is 300 g/mol. The van der Waals surface area contributed by atoms with E-state index in [1.807, 2.05) is 13.8 Å². The molecule has 0 radical (unpaired) electrons. The summed E-state index contributed by atoms with van der Waals surface area (Å²) in [5, 5.41) is 3.40. The molecular formula is C12H23ClN4O2S. The maximum atomic E-state index is 12.2. The van der Waals surface area contributed by atoms with Gasteiger partial charge in [-0.2, -0.15) is 0 Å². The van der Waals surface area contributed by atoms with Crippen LogP contribution in [0.1, 0.15) is 26.7 Å². The average molecular weight is 323 g/mol. The molecule has 2 atom stereocenters. The van der Waals surface area contributed by atoms with E-state index < -0.39 is 10.0 Å². The lowest BCUT2D eigenvalue weighted by Gasteiger charge is -2.28. The fourth-order valence-electron chi connectivity index (χ4n) is 2.36. The number of piperidine rings is 1. The van der Waals surface area contributed by atoms with Crippen molar-refractivity contribution in [1.29, 1.82) is 0 Å². The van der Waals surface area contributed by atoms with Crippen LogP contribution in [0.5, 0.6) is 0 Å². The molecule has 116 valence electrons. The van der Waals surface area contributed by atoms with E-state index in [0.717, 1.165) is 25.9 Å². The minimum atomic E-state index is -3.51. The molecule has 1 aromatic heterocycles. The second-order valence-corrected chi connectivity index (χ2v) is 6.72. The molecule has 1 aliphatic heterocycles. The first-order chi connectivity index (χ1) is 9.03. The Morgan fingerprint density at radius 1 is 1.60 bits per heavy atom. The number of aromatic nitrogens is 2. The summed E-state index contributed by atoms with van der Waals surface area (Å²) in [5.74, 6) is 0.344. The van der Waals surface area contributed by atoms with Gasteiger partial charge in [-0.05, 0) is 45.7 Å². The van der Waals surface area contributed by atoms with Crippen LogP contribution in [-0.4, -0.2) is 37.1 Å². The van der Waals surface area contributed by atoms with Gasteiger partial charge in [0.25, 0.3) is 10.0 Å². The lowest BCUT2D eigenvalue weighted by molar-refractivity contribution is 0.320. The molecule has 0 aromatic carbocycles. The Morgan fingerprint density at radius 3 is 2.90 bits per heavy atom. The van der Waals surface area contributed by atoms with Crippen molar-refractivity contribution in [3.8, 4) is 0 Å². The third-order valence-corrected chi connectivity index (χ3v) is 5.08. The molecule has 20 heavy (non-hydrogen) atoms. The Hall–Kier alpha value is -0.630. The first-order valence-electron chi connectivity index (χ1n) is 6.77. The average Bonchev–Trinajstić information content (AvgIpc) is 2.89. The van der Waals surface area contributed by atoms with E-state index in [2.05, 4.69) is 15.0 Å². The van der Waals surface area contributed by atoms with Gasteiger partial charge in [-0.3, -0.25) is 0 Å². The molecule has 2 unspecified atom stereocenters. The predicted molar refractivity (Wildman–Crippen MR) is 80.5 cm³/mol. The monoisotopic (exact) mass is 322 g/mol. The van der Waals surface area contributed by atoms with E-state index in [9.17, 15) is 8.42 Å². The topological polar surface area (TPSA) is 76.0 Å². The van der Waals surface area contributed by atoms with E-state index in [4.69, 9.17) is 0 Å². The third kappa shape index (κ3) is 4.18. The van der Waals surface area contributed by atoms with Gasteiger partial charge in [0.2, 0.25) is 0 Å². The fraction of sp³-hybridized carbons (Fsp3) is 0.750. The number of hydrogen-bond donors (Lipinski definition) is 2. The summed E-state index contributed by atoms with van der Waals surface area (Å²) in [4.78, 5) is 3.95. The number of rotatable bonds is 5. The summed E-state index contributed by atoms with van der Waals surface area (Å²) < 4.78 is 28.9. The molecule has 0 saturated carbocycles. The molecule has 1 aliphatic rings. The maximum absolute atomic E-state index is 12.2. The fourth-order valence-corrected chi connectivity index (χ4v) is 3.62. The molecule has 8 heteroatoms. The van der Waals surface area contributed by atoms with Crippen molar-refractivity contribution in [2.24, 2.45) is 5.92 Å². The molecule has 0 bridgehead atoms. The van der Waals surface area contributed by atoms with Gasteiger partial charge in [-0.25, -0.2) is 18.1 Å². The van der Waals surface area contributed by atoms with Crippen LogP contribution in [0.3, 0.4) is 0 Å². The van der Waals surface area contributed by atoms with Gasteiger partial charge >= 0.3 is 0 Å². The Morgan fingerprint density at radius 2 is 2.35 bits per heavy atom. The number of nitrogens with one attached hydrogen (secondary N) is 2. The van der Waals surface area contributed by atoms with E-state index in [-0.39, 0.29) is 23.5 Å². The van der Waals surface area contributed by atoms with Crippen molar-refractivity contribution in [3.05, 3.63) is 12.5 Å². The summed E-state index contributed by atoms with van der Waals surface area (Å²) in [7, 11) is -3.51. The van der Waals surface area contributed by atoms with Crippen LogP contribution < -0.4 is 10.0 Å². The predicted octanol–water partition coefficient (Wildman–Crippen LogP) is 0.991. The second kappa shape index (κ2) is 7.40. The highest BCUT2D eigenvalue weighted by Gasteiger charge is 2.26. The lowest BCUT2D eigenvalue weighted by atomic mass is 9.94. The SMILES string of the molecule is CCn1cnc(S(=O)(=O)NC(C)C2CCCNC2)c1.Cl. The van der Waals surface area contributed by atoms with Crippen LogP contribution in [-0.2, 0) is 16.6 Å². The van der Waals surface area contributed by atoms with Crippen molar-refractivity contribution in [2.45, 2.75) is 44.3 Å². The van der Waals surface area contributed by atoms with Gasteiger partial charge < -0.3 is 9.88 Å². The van der Waals surface area contributed by atoms with Crippen molar-refractivity contribution >= 4 is 22.4 Å². The quantitative estimate of drug-likeness (QED) is 0.847. The van der Waals surface area contributed by atoms with Crippen molar-refractivity contribution < 1.29 is 8.42 Å². The highest BCUT2D eigenvalue weighted by Crippen LogP contribution is 2.16. The summed E-state index contributed by atoms with van der Waals surface area (Å²) in [6, 6.07) is -0.0791. The van der Waals surface area contributed by atoms with E-state index in [0.29, 0.717) is 12.5 Å². The van der Waals surface area contributed by atoms with E-state index >= 15 is 0 Å². The van der Waals surface area contributed by atoms with Crippen LogP contribution >= 0.6 is 12.4 Å². The van der Waals surface area contributed by atoms with Crippen molar-refractivity contribution in [2.75, 3.05) is 13.1 Å². The number of nitrogens with zero attached hydrogens (tertiary/aromatic N) is 2. The second-order valence-electron chi connectivity index (χ2n) is 5.06. The van der Waals surface area contributed by atoms with E-state index in [1.165, 1.54) is 0 Å². The molecule has 1 fully saturated rings. The van der Waals surface area contributed by atoms with Gasteiger partial charge in [0, 0.05) is 18.8 Å². The number of sulfonamides is 1. The van der Waals surface area contributed by atoms with Gasteiger partial charge in [-0.15, -0.1) is 12.4 Å². The zero-order chi connectivity index (χ0) is 13.9. The smallest absolute Gasteiger partial charge is 0.259 e. The van der Waals surface area contributed by atoms with Crippen LogP contribution in [0, 0.1) is 5.92 Å². The van der Waals surface area contributed by atoms with Gasteiger partial charge in [-0.1, -0.05) is 0 Å². The largest absolute Gasteiger partial charge is 0.336 e. The first-order valence-corrected chi connectivity index (χ1v) is 8.26. The molecule has 2 rings (SSSR count). The zero-order valence-corrected chi connectivity index (χ0v) is 13.5. The number of imidazole rings is 1. The number of aryl methyl sites for hydroxylation is 1. The van der Waals surface area contributed by atoms with Crippen LogP contribution in [0.15, 0.2) is 17.6 Å². The summed E-state index contributed by atoms with van der Waals surface area (Å²) in [6.45, 7) is 6.47. The number of hydrogen-bond acceptors (Lipinski definition) is 4. The van der Waals surface area contributed by atoms with Gasteiger partial charge in [0.05, 0.1) is 6.33 Å². The minimum absolute atomic E-state index is 0. The Bertz CT molecular complexity index is 511. The van der Waals surface area contributed by atoms with Crippen LogP contribution in [0.2, 0.25) is 0 Å². The number of halogens is 1. The molecule has 1 aromatic rings. The molecule has 2 heterocycles. The minimum Gasteiger partial charge on any atom is -0.336 e. The Labute approximate surface area is 126 Å². The van der Waals surface area contributed by atoms with Crippen molar-refractivity contribution in [3.63, 3.8) is 0 Å².